The van der Waals surface area contributed by atoms with E-state index in [0.29, 0.717) is 55.7 Å². The minimum absolute atomic E-state index is 0.0451. The molecule has 12 heteroatoms. The summed E-state index contributed by atoms with van der Waals surface area (Å²) < 4.78 is 7.55. The van der Waals surface area contributed by atoms with Gasteiger partial charge < -0.3 is 26.2 Å². The Kier molecular flexibility index (Phi) is 8.77. The second kappa shape index (κ2) is 12.9. The van der Waals surface area contributed by atoms with Crippen molar-refractivity contribution < 1.29 is 18.9 Å². The number of nitrogens with one attached hydrogen (secondary N) is 1. The molecule has 2 aliphatic carbocycles. The first-order valence-corrected chi connectivity index (χ1v) is 16.1. The number of nitriles is 1. The number of amides is 3. The van der Waals surface area contributed by atoms with Gasteiger partial charge in [0.05, 0.1) is 24.1 Å². The Balaban J connectivity index is 1.50. The van der Waals surface area contributed by atoms with Gasteiger partial charge in [0.25, 0.3) is 0 Å². The normalized spacial score (nSPS) is 19.1. The number of rotatable bonds is 9. The van der Waals surface area contributed by atoms with Crippen molar-refractivity contribution in [3.8, 4) is 6.07 Å². The number of fused-ring (bicyclic) bond motifs is 2. The molecule has 0 unspecified atom stereocenters. The van der Waals surface area contributed by atoms with E-state index in [1.54, 1.807) is 33.9 Å². The molecule has 1 atom stereocenters. The molecule has 0 bridgehead atoms. The molecule has 6 rings (SSSR count). The minimum Gasteiger partial charge on any atom is -0.366 e. The Labute approximate surface area is 266 Å². The number of nitrogens with two attached hydrogens (primary N) is 2. The van der Waals surface area contributed by atoms with Gasteiger partial charge in [0.2, 0.25) is 17.7 Å². The van der Waals surface area contributed by atoms with Gasteiger partial charge in [-0.05, 0) is 98.0 Å². The van der Waals surface area contributed by atoms with Crippen molar-refractivity contribution in [2.75, 3.05) is 19.6 Å². The molecule has 12 nitrogen and oxygen atoms in total. The monoisotopic (exact) mass is 625 g/mol. The topological polar surface area (TPSA) is 190 Å². The van der Waals surface area contributed by atoms with Crippen molar-refractivity contribution in [1.29, 1.82) is 5.26 Å². The van der Waals surface area contributed by atoms with Crippen molar-refractivity contribution in [2.45, 2.75) is 81.7 Å². The Morgan fingerprint density at radius 1 is 0.957 bits per heavy atom. The maximum absolute atomic E-state index is 13.1. The van der Waals surface area contributed by atoms with Crippen LogP contribution in [0.25, 0.3) is 0 Å². The van der Waals surface area contributed by atoms with Crippen molar-refractivity contribution in [1.82, 2.24) is 19.9 Å². The molecule has 1 aromatic heterocycles. The van der Waals surface area contributed by atoms with Crippen molar-refractivity contribution in [3.05, 3.63) is 86.2 Å². The molecule has 0 radical (unpaired) electrons. The van der Waals surface area contributed by atoms with Crippen LogP contribution in [0, 0.1) is 11.3 Å². The van der Waals surface area contributed by atoms with E-state index in [1.807, 2.05) is 12.1 Å². The van der Waals surface area contributed by atoms with E-state index in [1.165, 1.54) is 0 Å². The fourth-order valence-electron chi connectivity index (χ4n) is 7.68. The molecule has 2 heterocycles. The average Bonchev–Trinajstić information content (AvgIpc) is 3.68. The number of primary amides is 2. The SMILES string of the molecule is N#C[C@@H]1CCCN1C(=O)CNCCC1(c2nc(=O)on2C2CCCCC2)c2ccc(C(N)=O)cc2CCc2cc(C(N)=O)ccc21. The van der Waals surface area contributed by atoms with Gasteiger partial charge in [-0.2, -0.15) is 15.0 Å². The second-order valence-electron chi connectivity index (χ2n) is 12.6. The van der Waals surface area contributed by atoms with Gasteiger partial charge in [-0.1, -0.05) is 31.4 Å². The number of likely N-dealkylation sites (tertiary alicyclic amines) is 1. The highest BCUT2D eigenvalue weighted by Gasteiger charge is 2.46. The summed E-state index contributed by atoms with van der Waals surface area (Å²) in [6.07, 6.45) is 7.69. The van der Waals surface area contributed by atoms with E-state index in [4.69, 9.17) is 16.0 Å². The lowest BCUT2D eigenvalue weighted by Gasteiger charge is -2.37. The van der Waals surface area contributed by atoms with Crippen LogP contribution in [0.15, 0.2) is 45.7 Å². The summed E-state index contributed by atoms with van der Waals surface area (Å²) in [5, 5.41) is 12.8. The third kappa shape index (κ3) is 5.71. The van der Waals surface area contributed by atoms with E-state index >= 15 is 0 Å². The highest BCUT2D eigenvalue weighted by atomic mass is 16.5. The van der Waals surface area contributed by atoms with Crippen LogP contribution in [0.4, 0.5) is 0 Å². The zero-order valence-corrected chi connectivity index (χ0v) is 25.8. The third-order valence-electron chi connectivity index (χ3n) is 9.91. The van der Waals surface area contributed by atoms with E-state index in [2.05, 4.69) is 16.4 Å². The molecule has 46 heavy (non-hydrogen) atoms. The Bertz CT molecular complexity index is 1700. The molecule has 0 spiro atoms. The lowest BCUT2D eigenvalue weighted by molar-refractivity contribution is -0.130. The molecule has 3 aromatic rings. The lowest BCUT2D eigenvalue weighted by Crippen LogP contribution is -2.43. The second-order valence-corrected chi connectivity index (χ2v) is 12.6. The Morgan fingerprint density at radius 3 is 2.17 bits per heavy atom. The van der Waals surface area contributed by atoms with Crippen LogP contribution in [0.2, 0.25) is 0 Å². The quantitative estimate of drug-likeness (QED) is 0.302. The number of aromatic nitrogens is 2. The van der Waals surface area contributed by atoms with E-state index < -0.39 is 29.0 Å². The smallest absolute Gasteiger partial charge is 0.366 e. The number of benzene rings is 2. The fourth-order valence-corrected chi connectivity index (χ4v) is 7.68. The highest BCUT2D eigenvalue weighted by Crippen LogP contribution is 2.48. The van der Waals surface area contributed by atoms with Crippen LogP contribution in [-0.4, -0.2) is 58.0 Å². The van der Waals surface area contributed by atoms with Crippen LogP contribution in [-0.2, 0) is 23.1 Å². The van der Waals surface area contributed by atoms with Crippen LogP contribution < -0.4 is 22.5 Å². The molecule has 3 aliphatic rings. The fraction of sp³-hybridized carbons (Fsp3) is 0.471. The molecule has 240 valence electrons. The van der Waals surface area contributed by atoms with Gasteiger partial charge in [-0.3, -0.25) is 14.4 Å². The number of hydrogen-bond donors (Lipinski definition) is 3. The number of aryl methyl sites for hydroxylation is 2. The molecule has 2 fully saturated rings. The Morgan fingerprint density at radius 2 is 1.59 bits per heavy atom. The van der Waals surface area contributed by atoms with E-state index in [-0.39, 0.29) is 18.5 Å². The van der Waals surface area contributed by atoms with Gasteiger partial charge in [0, 0.05) is 17.7 Å². The van der Waals surface area contributed by atoms with Gasteiger partial charge >= 0.3 is 5.76 Å². The van der Waals surface area contributed by atoms with Crippen molar-refractivity contribution >= 4 is 17.7 Å². The van der Waals surface area contributed by atoms with Gasteiger partial charge in [0.1, 0.15) is 6.04 Å². The molecule has 5 N–H and O–H groups in total. The summed E-state index contributed by atoms with van der Waals surface area (Å²) in [5.41, 5.74) is 14.5. The molecular formula is C34H39N7O5. The van der Waals surface area contributed by atoms with Crippen molar-refractivity contribution in [2.24, 2.45) is 11.5 Å². The first-order chi connectivity index (χ1) is 22.2. The number of carbonyl (C=O) groups is 3. The molecule has 1 saturated carbocycles. The number of nitrogens with zero attached hydrogens (tertiary/aromatic N) is 4. The Hall–Kier alpha value is -4.76. The predicted octanol–water partition coefficient (Wildman–Crippen LogP) is 2.47. The summed E-state index contributed by atoms with van der Waals surface area (Å²) in [7, 11) is 0. The first kappa shape index (κ1) is 31.2. The van der Waals surface area contributed by atoms with Gasteiger partial charge in [-0.15, -0.1) is 0 Å². The maximum atomic E-state index is 13.1. The first-order valence-electron chi connectivity index (χ1n) is 16.1. The van der Waals surface area contributed by atoms with Gasteiger partial charge in [0.15, 0.2) is 5.82 Å². The molecule has 3 amide bonds. The van der Waals surface area contributed by atoms with E-state index in [9.17, 15) is 24.4 Å². The predicted molar refractivity (Wildman–Crippen MR) is 168 cm³/mol. The third-order valence-corrected chi connectivity index (χ3v) is 9.91. The summed E-state index contributed by atoms with van der Waals surface area (Å²) in [4.78, 5) is 56.8. The van der Waals surface area contributed by atoms with Crippen LogP contribution in [0.1, 0.15) is 106 Å². The highest BCUT2D eigenvalue weighted by molar-refractivity contribution is 5.94. The summed E-state index contributed by atoms with van der Waals surface area (Å²) in [6.45, 7) is 0.945. The zero-order valence-electron chi connectivity index (χ0n) is 25.8. The number of carbonyl (C=O) groups excluding carboxylic acids is 3. The summed E-state index contributed by atoms with van der Waals surface area (Å²) in [6, 6.07) is 12.5. The van der Waals surface area contributed by atoms with Crippen molar-refractivity contribution in [3.63, 3.8) is 0 Å². The van der Waals surface area contributed by atoms with Crippen LogP contribution >= 0.6 is 0 Å². The molecule has 2 aromatic carbocycles. The molecule has 1 aliphatic heterocycles. The number of hydrogen-bond acceptors (Lipinski definition) is 8. The summed E-state index contributed by atoms with van der Waals surface area (Å²) >= 11 is 0. The standard InChI is InChI=1S/C34H39N7O5/c35-19-26-7-4-16-40(26)29(42)20-38-15-14-34(32-39-33(45)46-41(32)25-5-2-1-3-6-25)27-12-10-23(30(36)43)17-21(27)8-9-22-18-24(31(37)44)11-13-28(22)34/h10-13,17-18,25-26,38H,1-9,14-16,20H2,(H2,36,43)(H2,37,44)/t26-/m0/s1. The van der Waals surface area contributed by atoms with E-state index in [0.717, 1.165) is 60.8 Å². The minimum atomic E-state index is -1.06. The summed E-state index contributed by atoms with van der Waals surface area (Å²) in [5.74, 6) is -1.49. The molecule has 1 saturated heterocycles. The largest absolute Gasteiger partial charge is 0.459 e. The van der Waals surface area contributed by atoms with Crippen LogP contribution in [0.5, 0.6) is 0 Å². The molecular weight excluding hydrogens is 586 g/mol. The maximum Gasteiger partial charge on any atom is 0.459 e. The lowest BCUT2D eigenvalue weighted by atomic mass is 9.68. The average molecular weight is 626 g/mol. The zero-order chi connectivity index (χ0) is 32.4. The van der Waals surface area contributed by atoms with Crippen LogP contribution in [0.3, 0.4) is 0 Å². The van der Waals surface area contributed by atoms with Gasteiger partial charge in [-0.25, -0.2) is 4.79 Å².